The van der Waals surface area contributed by atoms with Gasteiger partial charge in [-0.2, -0.15) is 0 Å². The van der Waals surface area contributed by atoms with Gasteiger partial charge in [0.1, 0.15) is 17.9 Å². The first-order valence-electron chi connectivity index (χ1n) is 8.31. The molecule has 3 rings (SSSR count). The Morgan fingerprint density at radius 3 is 2.69 bits per heavy atom. The Balaban J connectivity index is 1.39. The van der Waals surface area contributed by atoms with Crippen molar-refractivity contribution in [1.29, 1.82) is 0 Å². The highest BCUT2D eigenvalue weighted by Crippen LogP contribution is 2.22. The molecule has 26 heavy (non-hydrogen) atoms. The standard InChI is InChI=1S/C21H19N3O2/c25-21(24-16-17-8-2-1-3-9-17)23-13-4-5-15-26-19-12-6-10-18-11-7-14-22-20(18)19/h1-3,6-12,14H,13,15-16H2,(H2,23,24,25). The summed E-state index contributed by atoms with van der Waals surface area (Å²) in [6.45, 7) is 0.984. The second kappa shape index (κ2) is 9.09. The predicted octanol–water partition coefficient (Wildman–Crippen LogP) is 3.12. The normalized spacial score (nSPS) is 9.85. The quantitative estimate of drug-likeness (QED) is 0.699. The lowest BCUT2D eigenvalue weighted by atomic mass is 10.2. The largest absolute Gasteiger partial charge is 0.479 e. The number of carbonyl (C=O) groups excluding carboxylic acids is 1. The van der Waals surface area contributed by atoms with E-state index in [1.807, 2.05) is 60.7 Å². The third-order valence-corrected chi connectivity index (χ3v) is 3.65. The summed E-state index contributed by atoms with van der Waals surface area (Å²) in [6.07, 6.45) is 1.73. The first-order chi connectivity index (χ1) is 12.8. The third-order valence-electron chi connectivity index (χ3n) is 3.65. The van der Waals surface area contributed by atoms with Crippen LogP contribution >= 0.6 is 0 Å². The van der Waals surface area contributed by atoms with Gasteiger partial charge in [-0.25, -0.2) is 4.79 Å². The van der Waals surface area contributed by atoms with E-state index in [0.717, 1.165) is 16.5 Å². The second-order valence-electron chi connectivity index (χ2n) is 5.50. The minimum absolute atomic E-state index is 0.239. The zero-order valence-electron chi connectivity index (χ0n) is 14.2. The van der Waals surface area contributed by atoms with Crippen molar-refractivity contribution < 1.29 is 9.53 Å². The summed E-state index contributed by atoms with van der Waals surface area (Å²) in [5.74, 6) is 6.45. The predicted molar refractivity (Wildman–Crippen MR) is 102 cm³/mol. The zero-order valence-corrected chi connectivity index (χ0v) is 14.2. The number of aromatic nitrogens is 1. The van der Waals surface area contributed by atoms with Crippen LogP contribution in [0.1, 0.15) is 5.56 Å². The van der Waals surface area contributed by atoms with E-state index < -0.39 is 0 Å². The highest BCUT2D eigenvalue weighted by molar-refractivity contribution is 5.84. The lowest BCUT2D eigenvalue weighted by Crippen LogP contribution is -2.35. The van der Waals surface area contributed by atoms with Crippen LogP contribution in [0.2, 0.25) is 0 Å². The Labute approximate surface area is 152 Å². The molecule has 1 heterocycles. The van der Waals surface area contributed by atoms with Crippen molar-refractivity contribution in [3.63, 3.8) is 0 Å². The van der Waals surface area contributed by atoms with Crippen LogP contribution in [0.5, 0.6) is 5.75 Å². The van der Waals surface area contributed by atoms with E-state index in [2.05, 4.69) is 27.5 Å². The summed E-state index contributed by atoms with van der Waals surface area (Å²) < 4.78 is 5.67. The summed E-state index contributed by atoms with van der Waals surface area (Å²) >= 11 is 0. The molecule has 0 saturated heterocycles. The number of pyridine rings is 1. The van der Waals surface area contributed by atoms with Gasteiger partial charge < -0.3 is 15.4 Å². The van der Waals surface area contributed by atoms with Gasteiger partial charge in [0.2, 0.25) is 0 Å². The molecule has 2 aromatic carbocycles. The van der Waals surface area contributed by atoms with Gasteiger partial charge in [0.05, 0.1) is 6.54 Å². The maximum atomic E-state index is 11.7. The van der Waals surface area contributed by atoms with Crippen LogP contribution in [0.25, 0.3) is 10.9 Å². The molecule has 1 aromatic heterocycles. The van der Waals surface area contributed by atoms with Gasteiger partial charge in [0, 0.05) is 18.1 Å². The molecule has 0 bridgehead atoms. The molecule has 5 heteroatoms. The Hall–Kier alpha value is -3.52. The molecule has 0 radical (unpaired) electrons. The van der Waals surface area contributed by atoms with Crippen molar-refractivity contribution >= 4 is 16.9 Å². The van der Waals surface area contributed by atoms with Gasteiger partial charge in [-0.1, -0.05) is 60.4 Å². The molecule has 0 fully saturated rings. The minimum Gasteiger partial charge on any atom is -0.479 e. The average Bonchev–Trinajstić information content (AvgIpc) is 2.70. The molecular formula is C21H19N3O2. The van der Waals surface area contributed by atoms with Crippen LogP contribution in [-0.2, 0) is 6.54 Å². The smallest absolute Gasteiger partial charge is 0.315 e. The number of hydrogen-bond donors (Lipinski definition) is 2. The highest BCUT2D eigenvalue weighted by Gasteiger charge is 2.01. The van der Waals surface area contributed by atoms with Crippen molar-refractivity contribution in [3.05, 3.63) is 72.4 Å². The van der Waals surface area contributed by atoms with Crippen molar-refractivity contribution in [2.75, 3.05) is 13.2 Å². The molecule has 0 spiro atoms. The van der Waals surface area contributed by atoms with E-state index in [1.165, 1.54) is 0 Å². The highest BCUT2D eigenvalue weighted by atomic mass is 16.5. The average molecular weight is 345 g/mol. The van der Waals surface area contributed by atoms with E-state index in [1.54, 1.807) is 6.20 Å². The molecule has 2 N–H and O–H groups in total. The minimum atomic E-state index is -0.248. The van der Waals surface area contributed by atoms with Crippen molar-refractivity contribution in [2.24, 2.45) is 0 Å². The third kappa shape index (κ3) is 4.99. The molecule has 3 aromatic rings. The molecule has 0 unspecified atom stereocenters. The molecule has 0 saturated carbocycles. The first-order valence-corrected chi connectivity index (χ1v) is 8.31. The summed E-state index contributed by atoms with van der Waals surface area (Å²) in [4.78, 5) is 16.0. The van der Waals surface area contributed by atoms with Crippen LogP contribution in [0, 0.1) is 11.8 Å². The van der Waals surface area contributed by atoms with Crippen molar-refractivity contribution in [1.82, 2.24) is 15.6 Å². The van der Waals surface area contributed by atoms with Crippen LogP contribution in [-0.4, -0.2) is 24.2 Å². The van der Waals surface area contributed by atoms with Gasteiger partial charge in [-0.3, -0.25) is 4.98 Å². The van der Waals surface area contributed by atoms with Gasteiger partial charge in [-0.05, 0) is 17.7 Å². The van der Waals surface area contributed by atoms with Gasteiger partial charge >= 0.3 is 6.03 Å². The zero-order chi connectivity index (χ0) is 18.0. The molecular weight excluding hydrogens is 326 g/mol. The molecule has 0 aliphatic heterocycles. The molecule has 0 aliphatic rings. The fourth-order valence-electron chi connectivity index (χ4n) is 2.39. The summed E-state index contributed by atoms with van der Waals surface area (Å²) in [6, 6.07) is 19.1. The SMILES string of the molecule is O=C(NCC#CCOc1cccc2cccnc12)NCc1ccccc1. The number of hydrogen-bond acceptors (Lipinski definition) is 3. The van der Waals surface area contributed by atoms with E-state index in [4.69, 9.17) is 4.74 Å². The topological polar surface area (TPSA) is 63.2 Å². The molecule has 0 atom stereocenters. The van der Waals surface area contributed by atoms with Crippen molar-refractivity contribution in [3.8, 4) is 17.6 Å². The monoisotopic (exact) mass is 345 g/mol. The fraction of sp³-hybridized carbons (Fsp3) is 0.143. The number of nitrogens with one attached hydrogen (secondary N) is 2. The fourth-order valence-corrected chi connectivity index (χ4v) is 2.39. The number of amides is 2. The first kappa shape index (κ1) is 17.3. The van der Waals surface area contributed by atoms with Gasteiger partial charge in [-0.15, -0.1) is 0 Å². The Morgan fingerprint density at radius 1 is 0.962 bits per heavy atom. The number of carbonyl (C=O) groups is 1. The van der Waals surface area contributed by atoms with E-state index >= 15 is 0 Å². The maximum absolute atomic E-state index is 11.7. The summed E-state index contributed by atoms with van der Waals surface area (Å²) in [5.41, 5.74) is 1.86. The lowest BCUT2D eigenvalue weighted by molar-refractivity contribution is 0.241. The van der Waals surface area contributed by atoms with E-state index in [0.29, 0.717) is 12.3 Å². The number of para-hydroxylation sites is 1. The molecule has 130 valence electrons. The lowest BCUT2D eigenvalue weighted by Gasteiger charge is -2.05. The summed E-state index contributed by atoms with van der Waals surface area (Å²) in [5, 5.41) is 6.49. The van der Waals surface area contributed by atoms with Crippen LogP contribution in [0.3, 0.4) is 0 Å². The Bertz CT molecular complexity index is 925. The number of nitrogens with zero attached hydrogens (tertiary/aromatic N) is 1. The number of rotatable bonds is 5. The Morgan fingerprint density at radius 2 is 1.81 bits per heavy atom. The van der Waals surface area contributed by atoms with Crippen LogP contribution < -0.4 is 15.4 Å². The Kier molecular flexibility index (Phi) is 6.05. The number of benzene rings is 2. The van der Waals surface area contributed by atoms with E-state index in [-0.39, 0.29) is 19.2 Å². The summed E-state index contributed by atoms with van der Waals surface area (Å²) in [7, 11) is 0. The van der Waals surface area contributed by atoms with Crippen LogP contribution in [0.4, 0.5) is 4.79 Å². The molecule has 2 amide bonds. The maximum Gasteiger partial charge on any atom is 0.315 e. The van der Waals surface area contributed by atoms with Gasteiger partial charge in [0.15, 0.2) is 0 Å². The van der Waals surface area contributed by atoms with E-state index in [9.17, 15) is 4.79 Å². The number of urea groups is 1. The second-order valence-corrected chi connectivity index (χ2v) is 5.50. The number of ether oxygens (including phenoxy) is 1. The molecule has 5 nitrogen and oxygen atoms in total. The van der Waals surface area contributed by atoms with Crippen LogP contribution in [0.15, 0.2) is 66.9 Å². The van der Waals surface area contributed by atoms with Gasteiger partial charge in [0.25, 0.3) is 0 Å². The molecule has 0 aliphatic carbocycles. The van der Waals surface area contributed by atoms with Crippen molar-refractivity contribution in [2.45, 2.75) is 6.54 Å². The number of fused-ring (bicyclic) bond motifs is 1.